The van der Waals surface area contributed by atoms with Crippen LogP contribution in [0, 0.1) is 0 Å². The molecule has 2 atom stereocenters. The van der Waals surface area contributed by atoms with Crippen LogP contribution in [0.2, 0.25) is 0 Å². The number of hydrogen-bond acceptors (Lipinski definition) is 5. The van der Waals surface area contributed by atoms with Gasteiger partial charge < -0.3 is 14.8 Å². The van der Waals surface area contributed by atoms with Gasteiger partial charge in [0.1, 0.15) is 0 Å². The number of hydrogen-bond donors (Lipinski definition) is 1. The molecule has 0 aliphatic carbocycles. The summed E-state index contributed by atoms with van der Waals surface area (Å²) in [5, 5.41) is 2.90. The Hall–Kier alpha value is -1.14. The molecule has 0 aromatic carbocycles. The van der Waals surface area contributed by atoms with Crippen LogP contribution in [0.3, 0.4) is 0 Å². The molecule has 1 aliphatic rings. The first-order chi connectivity index (χ1) is 8.56. The maximum atomic E-state index is 11.7. The zero-order valence-corrected chi connectivity index (χ0v) is 11.3. The van der Waals surface area contributed by atoms with Crippen molar-refractivity contribution in [1.29, 1.82) is 0 Å². The summed E-state index contributed by atoms with van der Waals surface area (Å²) in [7, 11) is 1.33. The number of nitrogens with zero attached hydrogens (tertiary/aromatic N) is 1. The molecule has 0 saturated carbocycles. The van der Waals surface area contributed by atoms with Gasteiger partial charge in [0.2, 0.25) is 5.91 Å². The summed E-state index contributed by atoms with van der Waals surface area (Å²) in [6.07, 6.45) is 0.319. The molecule has 6 heteroatoms. The number of methoxy groups -OCH3 is 1. The van der Waals surface area contributed by atoms with Crippen molar-refractivity contribution in [2.24, 2.45) is 0 Å². The van der Waals surface area contributed by atoms with Crippen LogP contribution >= 0.6 is 0 Å². The van der Waals surface area contributed by atoms with Crippen molar-refractivity contribution >= 4 is 11.9 Å². The second-order valence-corrected chi connectivity index (χ2v) is 4.49. The van der Waals surface area contributed by atoms with E-state index in [1.165, 1.54) is 7.11 Å². The van der Waals surface area contributed by atoms with Crippen LogP contribution in [0.4, 0.5) is 0 Å². The Kier molecular flexibility index (Phi) is 6.07. The first-order valence-electron chi connectivity index (χ1n) is 6.28. The fraction of sp³-hybridized carbons (Fsp3) is 0.833. The molecule has 1 fully saturated rings. The predicted octanol–water partition coefficient (Wildman–Crippen LogP) is -0.225. The Bertz CT molecular complexity index is 296. The molecule has 1 saturated heterocycles. The van der Waals surface area contributed by atoms with E-state index >= 15 is 0 Å². The van der Waals surface area contributed by atoms with E-state index in [0.717, 1.165) is 6.42 Å². The highest BCUT2D eigenvalue weighted by Crippen LogP contribution is 2.06. The number of rotatable bonds is 5. The number of ether oxygens (including phenoxy) is 2. The second kappa shape index (κ2) is 7.33. The normalized spacial score (nSPS) is 22.3. The fourth-order valence-electron chi connectivity index (χ4n) is 1.75. The molecule has 104 valence electrons. The average Bonchev–Trinajstić information content (AvgIpc) is 2.37. The van der Waals surface area contributed by atoms with Crippen molar-refractivity contribution in [3.63, 3.8) is 0 Å². The highest BCUT2D eigenvalue weighted by atomic mass is 16.6. The minimum absolute atomic E-state index is 0.0186. The second-order valence-electron chi connectivity index (χ2n) is 4.49. The average molecular weight is 258 g/mol. The Morgan fingerprint density at radius 1 is 1.56 bits per heavy atom. The number of morpholine rings is 1. The summed E-state index contributed by atoms with van der Waals surface area (Å²) >= 11 is 0. The lowest BCUT2D eigenvalue weighted by Gasteiger charge is -2.31. The molecule has 1 N–H and O–H groups in total. The van der Waals surface area contributed by atoms with Gasteiger partial charge in [-0.25, -0.2) is 4.79 Å². The van der Waals surface area contributed by atoms with Gasteiger partial charge in [0.25, 0.3) is 0 Å². The third-order valence-electron chi connectivity index (χ3n) is 3.00. The van der Waals surface area contributed by atoms with Crippen LogP contribution in [0.5, 0.6) is 0 Å². The molecule has 0 bridgehead atoms. The van der Waals surface area contributed by atoms with E-state index < -0.39 is 6.10 Å². The van der Waals surface area contributed by atoms with Gasteiger partial charge in [-0.05, 0) is 13.3 Å². The molecule has 1 heterocycles. The number of amides is 1. The van der Waals surface area contributed by atoms with Gasteiger partial charge in [0.15, 0.2) is 6.10 Å². The maximum Gasteiger partial charge on any atom is 0.336 e. The zero-order valence-electron chi connectivity index (χ0n) is 11.3. The highest BCUT2D eigenvalue weighted by Gasteiger charge is 2.28. The van der Waals surface area contributed by atoms with Crippen molar-refractivity contribution in [1.82, 2.24) is 10.2 Å². The van der Waals surface area contributed by atoms with Crippen molar-refractivity contribution in [2.75, 3.05) is 33.4 Å². The first-order valence-corrected chi connectivity index (χ1v) is 6.28. The molecule has 6 nitrogen and oxygen atoms in total. The quantitative estimate of drug-likeness (QED) is 0.690. The van der Waals surface area contributed by atoms with Gasteiger partial charge in [-0.1, -0.05) is 6.92 Å². The summed E-state index contributed by atoms with van der Waals surface area (Å²) in [5.41, 5.74) is 0. The molecule has 2 unspecified atom stereocenters. The molecular weight excluding hydrogens is 236 g/mol. The maximum absolute atomic E-state index is 11.7. The summed E-state index contributed by atoms with van der Waals surface area (Å²) < 4.78 is 9.93. The summed E-state index contributed by atoms with van der Waals surface area (Å²) in [5.74, 6) is -0.406. The third-order valence-corrected chi connectivity index (χ3v) is 3.00. The smallest absolute Gasteiger partial charge is 0.336 e. The Morgan fingerprint density at radius 3 is 2.89 bits per heavy atom. The Morgan fingerprint density at radius 2 is 2.28 bits per heavy atom. The molecule has 1 aliphatic heterocycles. The van der Waals surface area contributed by atoms with Crippen LogP contribution in [-0.2, 0) is 19.1 Å². The van der Waals surface area contributed by atoms with Crippen LogP contribution < -0.4 is 5.32 Å². The topological polar surface area (TPSA) is 67.9 Å². The van der Waals surface area contributed by atoms with Gasteiger partial charge in [-0.2, -0.15) is 0 Å². The molecule has 0 spiro atoms. The molecule has 0 aromatic rings. The van der Waals surface area contributed by atoms with Gasteiger partial charge in [-0.15, -0.1) is 0 Å². The lowest BCUT2D eigenvalue weighted by atomic mass is 10.2. The Labute approximate surface area is 108 Å². The minimum Gasteiger partial charge on any atom is -0.467 e. The number of carbonyl (C=O) groups excluding carboxylic acids is 2. The number of esters is 1. The lowest BCUT2D eigenvalue weighted by Crippen LogP contribution is -2.50. The van der Waals surface area contributed by atoms with E-state index in [2.05, 4.69) is 10.1 Å². The monoisotopic (exact) mass is 258 g/mol. The summed E-state index contributed by atoms with van der Waals surface area (Å²) in [6, 6.07) is 0.176. The minimum atomic E-state index is -0.583. The summed E-state index contributed by atoms with van der Waals surface area (Å²) in [4.78, 5) is 25.0. The van der Waals surface area contributed by atoms with Gasteiger partial charge in [0, 0.05) is 19.1 Å². The molecular formula is C12H22N2O4. The third kappa shape index (κ3) is 4.62. The van der Waals surface area contributed by atoms with Crippen LogP contribution in [0.25, 0.3) is 0 Å². The van der Waals surface area contributed by atoms with E-state index in [1.807, 2.05) is 18.7 Å². The number of carbonyl (C=O) groups is 2. The van der Waals surface area contributed by atoms with Gasteiger partial charge in [0.05, 0.1) is 20.3 Å². The molecule has 1 rings (SSSR count). The molecule has 0 radical (unpaired) electrons. The fourth-order valence-corrected chi connectivity index (χ4v) is 1.75. The van der Waals surface area contributed by atoms with E-state index in [9.17, 15) is 9.59 Å². The SMILES string of the molecule is CCC(C)NC(=O)CN1CCOC(C(=O)OC)C1. The van der Waals surface area contributed by atoms with Crippen molar-refractivity contribution in [3.05, 3.63) is 0 Å². The predicted molar refractivity (Wildman–Crippen MR) is 66.1 cm³/mol. The molecule has 1 amide bonds. The standard InChI is InChI=1S/C12H22N2O4/c1-4-9(2)13-11(15)8-14-5-6-18-10(7-14)12(16)17-3/h9-10H,4-8H2,1-3H3,(H,13,15). The summed E-state index contributed by atoms with van der Waals surface area (Å²) in [6.45, 7) is 5.78. The molecule has 0 aromatic heterocycles. The van der Waals surface area contributed by atoms with Crippen molar-refractivity contribution in [2.45, 2.75) is 32.4 Å². The zero-order chi connectivity index (χ0) is 13.5. The molecule has 18 heavy (non-hydrogen) atoms. The van der Waals surface area contributed by atoms with E-state index in [1.54, 1.807) is 0 Å². The van der Waals surface area contributed by atoms with E-state index in [0.29, 0.717) is 26.2 Å². The first kappa shape index (κ1) is 14.9. The number of nitrogens with one attached hydrogen (secondary N) is 1. The van der Waals surface area contributed by atoms with E-state index in [4.69, 9.17) is 4.74 Å². The van der Waals surface area contributed by atoms with Gasteiger partial charge in [-0.3, -0.25) is 9.69 Å². The van der Waals surface area contributed by atoms with Crippen LogP contribution in [0.15, 0.2) is 0 Å². The van der Waals surface area contributed by atoms with Gasteiger partial charge >= 0.3 is 5.97 Å². The van der Waals surface area contributed by atoms with Crippen LogP contribution in [-0.4, -0.2) is 62.3 Å². The highest BCUT2D eigenvalue weighted by molar-refractivity contribution is 5.78. The lowest BCUT2D eigenvalue weighted by molar-refractivity contribution is -0.160. The largest absolute Gasteiger partial charge is 0.467 e. The van der Waals surface area contributed by atoms with Crippen molar-refractivity contribution < 1.29 is 19.1 Å². The van der Waals surface area contributed by atoms with Crippen LogP contribution in [0.1, 0.15) is 20.3 Å². The van der Waals surface area contributed by atoms with Crippen molar-refractivity contribution in [3.8, 4) is 0 Å². The Balaban J connectivity index is 2.38. The van der Waals surface area contributed by atoms with E-state index in [-0.39, 0.29) is 17.9 Å².